The van der Waals surface area contributed by atoms with Crippen molar-refractivity contribution in [2.45, 2.75) is 12.8 Å². The summed E-state index contributed by atoms with van der Waals surface area (Å²) >= 11 is 0. The van der Waals surface area contributed by atoms with Crippen molar-refractivity contribution in [3.63, 3.8) is 0 Å². The molecule has 0 atom stereocenters. The Labute approximate surface area is 104 Å². The molecule has 0 unspecified atom stereocenters. The number of methoxy groups -OCH3 is 1. The maximum absolute atomic E-state index is 11.2. The van der Waals surface area contributed by atoms with Gasteiger partial charge in [-0.3, -0.25) is 9.69 Å². The standard InChI is InChI=1S/C12H25N3O2/c1-13-12(16)11-15-8-6-14(7-9-15)5-3-4-10-17-2/h3-11H2,1-2H3,(H,13,16). The molecule has 0 saturated carbocycles. The molecule has 0 aromatic carbocycles. The second-order valence-corrected chi connectivity index (χ2v) is 4.49. The molecule has 1 fully saturated rings. The Kier molecular flexibility index (Phi) is 7.16. The lowest BCUT2D eigenvalue weighted by molar-refractivity contribution is -0.122. The molecule has 1 aliphatic rings. The zero-order chi connectivity index (χ0) is 12.5. The fourth-order valence-corrected chi connectivity index (χ4v) is 2.03. The normalized spacial score (nSPS) is 18.2. The molecule has 0 aromatic heterocycles. The lowest BCUT2D eigenvalue weighted by Crippen LogP contribution is -2.49. The summed E-state index contributed by atoms with van der Waals surface area (Å²) in [5.41, 5.74) is 0. The molecule has 0 bridgehead atoms. The molecule has 1 heterocycles. The quantitative estimate of drug-likeness (QED) is 0.628. The van der Waals surface area contributed by atoms with Crippen LogP contribution in [0.4, 0.5) is 0 Å². The van der Waals surface area contributed by atoms with E-state index in [9.17, 15) is 4.79 Å². The summed E-state index contributed by atoms with van der Waals surface area (Å²) in [5, 5.41) is 2.66. The van der Waals surface area contributed by atoms with Crippen molar-refractivity contribution in [1.82, 2.24) is 15.1 Å². The van der Waals surface area contributed by atoms with Crippen LogP contribution in [0.25, 0.3) is 0 Å². The molecule has 0 spiro atoms. The maximum atomic E-state index is 11.2. The minimum atomic E-state index is 0.110. The summed E-state index contributed by atoms with van der Waals surface area (Å²) in [5.74, 6) is 0.110. The number of rotatable bonds is 7. The van der Waals surface area contributed by atoms with E-state index in [2.05, 4.69) is 15.1 Å². The highest BCUT2D eigenvalue weighted by atomic mass is 16.5. The van der Waals surface area contributed by atoms with E-state index in [0.717, 1.165) is 45.8 Å². The number of nitrogens with one attached hydrogen (secondary N) is 1. The van der Waals surface area contributed by atoms with Crippen molar-refractivity contribution in [3.8, 4) is 0 Å². The van der Waals surface area contributed by atoms with Gasteiger partial charge in [-0.1, -0.05) is 0 Å². The van der Waals surface area contributed by atoms with E-state index in [-0.39, 0.29) is 5.91 Å². The fraction of sp³-hybridized carbons (Fsp3) is 0.917. The van der Waals surface area contributed by atoms with Crippen molar-refractivity contribution in [1.29, 1.82) is 0 Å². The van der Waals surface area contributed by atoms with Crippen LogP contribution in [0.3, 0.4) is 0 Å². The Bertz CT molecular complexity index is 216. The third kappa shape index (κ3) is 6.00. The number of amides is 1. The summed E-state index contributed by atoms with van der Waals surface area (Å²) in [4.78, 5) is 15.9. The Morgan fingerprint density at radius 2 is 1.82 bits per heavy atom. The molecule has 0 radical (unpaired) electrons. The van der Waals surface area contributed by atoms with Gasteiger partial charge in [0, 0.05) is 46.9 Å². The van der Waals surface area contributed by atoms with E-state index in [1.165, 1.54) is 6.42 Å². The van der Waals surface area contributed by atoms with Crippen LogP contribution in [0.15, 0.2) is 0 Å². The van der Waals surface area contributed by atoms with Gasteiger partial charge in [-0.15, -0.1) is 0 Å². The lowest BCUT2D eigenvalue weighted by atomic mass is 10.2. The number of carbonyl (C=O) groups is 1. The zero-order valence-corrected chi connectivity index (χ0v) is 11.1. The van der Waals surface area contributed by atoms with Gasteiger partial charge in [0.25, 0.3) is 0 Å². The molecule has 1 amide bonds. The van der Waals surface area contributed by atoms with E-state index in [1.54, 1.807) is 14.2 Å². The van der Waals surface area contributed by atoms with Crippen LogP contribution >= 0.6 is 0 Å². The smallest absolute Gasteiger partial charge is 0.233 e. The molecule has 1 N–H and O–H groups in total. The molecular formula is C12H25N3O2. The maximum Gasteiger partial charge on any atom is 0.233 e. The van der Waals surface area contributed by atoms with E-state index < -0.39 is 0 Å². The van der Waals surface area contributed by atoms with Crippen LogP contribution in [0, 0.1) is 0 Å². The molecule has 0 aromatic rings. The van der Waals surface area contributed by atoms with Gasteiger partial charge < -0.3 is 15.0 Å². The predicted octanol–water partition coefficient (Wildman–Crippen LogP) is -0.223. The molecule has 1 aliphatic heterocycles. The Morgan fingerprint density at radius 1 is 1.18 bits per heavy atom. The number of carbonyl (C=O) groups excluding carboxylic acids is 1. The van der Waals surface area contributed by atoms with Gasteiger partial charge in [-0.2, -0.15) is 0 Å². The first-order valence-electron chi connectivity index (χ1n) is 6.40. The van der Waals surface area contributed by atoms with Crippen LogP contribution in [0.1, 0.15) is 12.8 Å². The van der Waals surface area contributed by atoms with Crippen LogP contribution in [-0.2, 0) is 9.53 Å². The lowest BCUT2D eigenvalue weighted by Gasteiger charge is -2.34. The minimum absolute atomic E-state index is 0.110. The number of nitrogens with zero attached hydrogens (tertiary/aromatic N) is 2. The van der Waals surface area contributed by atoms with Crippen LogP contribution in [0.2, 0.25) is 0 Å². The summed E-state index contributed by atoms with van der Waals surface area (Å²) < 4.78 is 5.03. The van der Waals surface area contributed by atoms with Gasteiger partial charge in [-0.05, 0) is 19.4 Å². The van der Waals surface area contributed by atoms with Crippen LogP contribution in [-0.4, -0.2) is 75.7 Å². The van der Waals surface area contributed by atoms with E-state index in [0.29, 0.717) is 6.54 Å². The first kappa shape index (κ1) is 14.4. The van der Waals surface area contributed by atoms with Gasteiger partial charge in [0.15, 0.2) is 0 Å². The third-order valence-corrected chi connectivity index (χ3v) is 3.18. The van der Waals surface area contributed by atoms with Crippen molar-refractivity contribution in [2.75, 3.05) is 60.0 Å². The van der Waals surface area contributed by atoms with Crippen molar-refractivity contribution < 1.29 is 9.53 Å². The van der Waals surface area contributed by atoms with Gasteiger partial charge in [0.1, 0.15) is 0 Å². The Morgan fingerprint density at radius 3 is 2.41 bits per heavy atom. The molecule has 0 aliphatic carbocycles. The number of unbranched alkanes of at least 4 members (excludes halogenated alkanes) is 1. The highest BCUT2D eigenvalue weighted by molar-refractivity contribution is 5.77. The number of piperazine rings is 1. The van der Waals surface area contributed by atoms with Gasteiger partial charge in [-0.25, -0.2) is 0 Å². The Balaban J connectivity index is 2.07. The zero-order valence-electron chi connectivity index (χ0n) is 11.1. The SMILES string of the molecule is CNC(=O)CN1CCN(CCCCOC)CC1. The van der Waals surface area contributed by atoms with E-state index in [4.69, 9.17) is 4.74 Å². The summed E-state index contributed by atoms with van der Waals surface area (Å²) in [6.07, 6.45) is 2.33. The summed E-state index contributed by atoms with van der Waals surface area (Å²) in [6.45, 7) is 6.69. The van der Waals surface area contributed by atoms with E-state index in [1.807, 2.05) is 0 Å². The van der Waals surface area contributed by atoms with Gasteiger partial charge in [0.05, 0.1) is 6.54 Å². The summed E-state index contributed by atoms with van der Waals surface area (Å²) in [7, 11) is 3.44. The van der Waals surface area contributed by atoms with Gasteiger partial charge in [0.2, 0.25) is 5.91 Å². The van der Waals surface area contributed by atoms with Gasteiger partial charge >= 0.3 is 0 Å². The topological polar surface area (TPSA) is 44.8 Å². The molecule has 17 heavy (non-hydrogen) atoms. The number of likely N-dealkylation sites (N-methyl/N-ethyl adjacent to an activating group) is 1. The second kappa shape index (κ2) is 8.44. The average Bonchev–Trinajstić information content (AvgIpc) is 2.36. The Hall–Kier alpha value is -0.650. The largest absolute Gasteiger partial charge is 0.385 e. The van der Waals surface area contributed by atoms with E-state index >= 15 is 0 Å². The van der Waals surface area contributed by atoms with Crippen molar-refractivity contribution in [3.05, 3.63) is 0 Å². The fourth-order valence-electron chi connectivity index (χ4n) is 2.03. The molecule has 100 valence electrons. The second-order valence-electron chi connectivity index (χ2n) is 4.49. The van der Waals surface area contributed by atoms with Crippen molar-refractivity contribution >= 4 is 5.91 Å². The van der Waals surface area contributed by atoms with Crippen LogP contribution < -0.4 is 5.32 Å². The highest BCUT2D eigenvalue weighted by Gasteiger charge is 2.17. The molecule has 5 nitrogen and oxygen atoms in total. The molecule has 1 rings (SSSR count). The average molecular weight is 243 g/mol. The third-order valence-electron chi connectivity index (χ3n) is 3.18. The first-order chi connectivity index (χ1) is 8.26. The molecule has 5 heteroatoms. The van der Waals surface area contributed by atoms with Crippen molar-refractivity contribution in [2.24, 2.45) is 0 Å². The molecular weight excluding hydrogens is 218 g/mol. The number of hydrogen-bond donors (Lipinski definition) is 1. The van der Waals surface area contributed by atoms with Crippen LogP contribution in [0.5, 0.6) is 0 Å². The first-order valence-corrected chi connectivity index (χ1v) is 6.40. The highest BCUT2D eigenvalue weighted by Crippen LogP contribution is 2.03. The predicted molar refractivity (Wildman–Crippen MR) is 68.1 cm³/mol. The summed E-state index contributed by atoms with van der Waals surface area (Å²) in [6, 6.07) is 0. The number of hydrogen-bond acceptors (Lipinski definition) is 4. The minimum Gasteiger partial charge on any atom is -0.385 e. The number of ether oxygens (including phenoxy) is 1. The monoisotopic (exact) mass is 243 g/mol. The molecule has 1 saturated heterocycles.